The van der Waals surface area contributed by atoms with Crippen molar-refractivity contribution in [2.24, 2.45) is 0 Å². The van der Waals surface area contributed by atoms with Crippen molar-refractivity contribution < 1.29 is 21.9 Å². The molecule has 33 heavy (non-hydrogen) atoms. The first-order valence-electron chi connectivity index (χ1n) is 9.78. The standard InChI is InChI=1S/C21H20FN5O4S2/c22-17-11-14(5-6-16(17)21-18(12-23)26-20(24)13-25-21)15-3-1-2-4-19(15)33(30,31)27-7-9-32(28,29)10-8-27/h1-6,11,13,28-29H,7-10H2,(H2,24,26). The fourth-order valence-electron chi connectivity index (χ4n) is 3.57. The van der Waals surface area contributed by atoms with Crippen molar-refractivity contribution in [1.29, 1.82) is 5.26 Å². The number of anilines is 1. The number of nitrogen functional groups attached to an aromatic ring is 1. The molecule has 0 atom stereocenters. The summed E-state index contributed by atoms with van der Waals surface area (Å²) in [7, 11) is -6.72. The van der Waals surface area contributed by atoms with E-state index in [1.54, 1.807) is 24.3 Å². The molecule has 4 N–H and O–H groups in total. The highest BCUT2D eigenvalue weighted by Gasteiger charge is 2.33. The molecule has 3 aromatic rings. The molecule has 9 nitrogen and oxygen atoms in total. The fourth-order valence-corrected chi connectivity index (χ4v) is 6.69. The van der Waals surface area contributed by atoms with Gasteiger partial charge >= 0.3 is 0 Å². The summed E-state index contributed by atoms with van der Waals surface area (Å²) in [6, 6.07) is 12.2. The maximum Gasteiger partial charge on any atom is 0.243 e. The lowest BCUT2D eigenvalue weighted by Gasteiger charge is -2.40. The number of nitriles is 1. The fraction of sp³-hybridized carbons (Fsp3) is 0.190. The number of nitrogens with zero attached hydrogens (tertiary/aromatic N) is 4. The molecule has 0 radical (unpaired) electrons. The Hall–Kier alpha value is -3.08. The molecule has 0 spiro atoms. The lowest BCUT2D eigenvalue weighted by molar-refractivity contribution is 0.402. The summed E-state index contributed by atoms with van der Waals surface area (Å²) >= 11 is 0. The van der Waals surface area contributed by atoms with Gasteiger partial charge in [-0.15, -0.1) is 0 Å². The van der Waals surface area contributed by atoms with Crippen LogP contribution in [0.2, 0.25) is 0 Å². The molecule has 1 aromatic heterocycles. The largest absolute Gasteiger partial charge is 0.382 e. The molecule has 1 fully saturated rings. The van der Waals surface area contributed by atoms with Crippen LogP contribution < -0.4 is 5.73 Å². The average molecular weight is 490 g/mol. The van der Waals surface area contributed by atoms with Gasteiger partial charge in [0.25, 0.3) is 0 Å². The third-order valence-corrected chi connectivity index (χ3v) is 8.90. The molecule has 0 unspecified atom stereocenters. The van der Waals surface area contributed by atoms with Crippen molar-refractivity contribution in [2.75, 3.05) is 30.3 Å². The van der Waals surface area contributed by atoms with Crippen molar-refractivity contribution in [3.8, 4) is 28.5 Å². The first kappa shape index (κ1) is 23.1. The molecular formula is C21H20FN5O4S2. The summed E-state index contributed by atoms with van der Waals surface area (Å²) in [5.74, 6) is -0.726. The normalized spacial score (nSPS) is 17.3. The third kappa shape index (κ3) is 4.54. The van der Waals surface area contributed by atoms with E-state index in [0.29, 0.717) is 11.1 Å². The second-order valence-electron chi connectivity index (χ2n) is 7.41. The smallest absolute Gasteiger partial charge is 0.243 e. The highest BCUT2D eigenvalue weighted by Crippen LogP contribution is 2.42. The zero-order valence-electron chi connectivity index (χ0n) is 17.2. The Morgan fingerprint density at radius 3 is 2.48 bits per heavy atom. The Balaban J connectivity index is 1.74. The second kappa shape index (κ2) is 8.69. The monoisotopic (exact) mass is 489 g/mol. The molecule has 0 saturated carbocycles. The predicted octanol–water partition coefficient (Wildman–Crippen LogP) is 3.16. The van der Waals surface area contributed by atoms with E-state index in [1.807, 2.05) is 6.07 Å². The zero-order valence-corrected chi connectivity index (χ0v) is 18.9. The van der Waals surface area contributed by atoms with Crippen molar-refractivity contribution in [3.63, 3.8) is 0 Å². The van der Waals surface area contributed by atoms with Crippen molar-refractivity contribution in [3.05, 3.63) is 60.2 Å². The van der Waals surface area contributed by atoms with Crippen molar-refractivity contribution in [1.82, 2.24) is 14.3 Å². The lowest BCUT2D eigenvalue weighted by Crippen LogP contribution is -2.42. The minimum Gasteiger partial charge on any atom is -0.382 e. The van der Waals surface area contributed by atoms with E-state index in [2.05, 4.69) is 9.97 Å². The van der Waals surface area contributed by atoms with Gasteiger partial charge in [0, 0.05) is 24.2 Å². The minimum absolute atomic E-state index is 0.0134. The molecule has 0 amide bonds. The van der Waals surface area contributed by atoms with Gasteiger partial charge in [-0.3, -0.25) is 9.11 Å². The molecule has 1 aliphatic rings. The van der Waals surface area contributed by atoms with Crippen LogP contribution in [0.15, 0.2) is 53.6 Å². The number of nitrogens with two attached hydrogens (primary N) is 1. The summed E-state index contributed by atoms with van der Waals surface area (Å²) < 4.78 is 62.5. The van der Waals surface area contributed by atoms with E-state index in [0.717, 1.165) is 0 Å². The van der Waals surface area contributed by atoms with Gasteiger partial charge < -0.3 is 5.73 Å². The van der Waals surface area contributed by atoms with Gasteiger partial charge in [-0.1, -0.05) is 24.3 Å². The van der Waals surface area contributed by atoms with E-state index in [9.17, 15) is 22.8 Å². The number of halogens is 1. The van der Waals surface area contributed by atoms with E-state index in [1.165, 1.54) is 28.7 Å². The molecular weight excluding hydrogens is 469 g/mol. The van der Waals surface area contributed by atoms with E-state index in [4.69, 9.17) is 5.73 Å². The molecule has 2 heterocycles. The predicted molar refractivity (Wildman–Crippen MR) is 123 cm³/mol. The van der Waals surface area contributed by atoms with Gasteiger partial charge in [0.05, 0.1) is 22.6 Å². The van der Waals surface area contributed by atoms with Crippen LogP contribution >= 0.6 is 10.6 Å². The molecule has 12 heteroatoms. The van der Waals surface area contributed by atoms with Gasteiger partial charge in [0.1, 0.15) is 23.4 Å². The highest BCUT2D eigenvalue weighted by atomic mass is 32.3. The van der Waals surface area contributed by atoms with E-state index < -0.39 is 26.4 Å². The molecule has 1 aliphatic heterocycles. The van der Waals surface area contributed by atoms with Gasteiger partial charge in [-0.05, 0) is 23.8 Å². The minimum atomic E-state index is -3.96. The van der Waals surface area contributed by atoms with E-state index >= 15 is 4.39 Å². The lowest BCUT2D eigenvalue weighted by atomic mass is 10.0. The van der Waals surface area contributed by atoms with Gasteiger partial charge in [-0.2, -0.15) is 20.2 Å². The molecule has 1 saturated heterocycles. The number of sulfonamides is 1. The third-order valence-electron chi connectivity index (χ3n) is 5.27. The van der Waals surface area contributed by atoms with Crippen LogP contribution in [0.25, 0.3) is 22.4 Å². The second-order valence-corrected chi connectivity index (χ2v) is 11.7. The van der Waals surface area contributed by atoms with Gasteiger partial charge in [0.15, 0.2) is 5.69 Å². The van der Waals surface area contributed by atoms with Crippen LogP contribution in [0.5, 0.6) is 0 Å². The van der Waals surface area contributed by atoms with Crippen LogP contribution in [0.1, 0.15) is 5.69 Å². The zero-order chi connectivity index (χ0) is 23.8. The maximum absolute atomic E-state index is 15.1. The van der Waals surface area contributed by atoms with Crippen molar-refractivity contribution in [2.45, 2.75) is 4.90 Å². The molecule has 0 aliphatic carbocycles. The average Bonchev–Trinajstić information content (AvgIpc) is 2.79. The van der Waals surface area contributed by atoms with Gasteiger partial charge in [-0.25, -0.2) is 22.8 Å². The number of hydrogen-bond acceptors (Lipinski definition) is 8. The van der Waals surface area contributed by atoms with Crippen LogP contribution in [0.4, 0.5) is 10.2 Å². The molecule has 0 bridgehead atoms. The molecule has 4 rings (SSSR count). The Morgan fingerprint density at radius 1 is 1.12 bits per heavy atom. The quantitative estimate of drug-likeness (QED) is 0.505. The first-order valence-corrected chi connectivity index (χ1v) is 13.1. The van der Waals surface area contributed by atoms with Crippen LogP contribution in [-0.2, 0) is 10.0 Å². The van der Waals surface area contributed by atoms with Gasteiger partial charge in [0.2, 0.25) is 10.0 Å². The van der Waals surface area contributed by atoms with Crippen molar-refractivity contribution >= 4 is 26.4 Å². The number of hydrogen-bond donors (Lipinski definition) is 3. The summed E-state index contributed by atoms with van der Waals surface area (Å²) in [4.78, 5) is 7.87. The summed E-state index contributed by atoms with van der Waals surface area (Å²) in [6.45, 7) is -0.0297. The van der Waals surface area contributed by atoms with E-state index in [-0.39, 0.29) is 52.3 Å². The topological polar surface area (TPSA) is 153 Å². The summed E-state index contributed by atoms with van der Waals surface area (Å²) in [5, 5.41) is 9.28. The SMILES string of the molecule is N#Cc1nc(N)cnc1-c1ccc(-c2ccccc2S(=O)(=O)N2CCS(O)(O)CC2)cc1F. The number of rotatable bonds is 4. The Morgan fingerprint density at radius 2 is 1.82 bits per heavy atom. The molecule has 2 aromatic carbocycles. The van der Waals surface area contributed by atoms with Crippen LogP contribution in [0, 0.1) is 17.1 Å². The molecule has 172 valence electrons. The maximum atomic E-state index is 15.1. The summed E-state index contributed by atoms with van der Waals surface area (Å²) in [6.07, 6.45) is 1.22. The summed E-state index contributed by atoms with van der Waals surface area (Å²) in [5.41, 5.74) is 6.10. The van der Waals surface area contributed by atoms with Crippen LogP contribution in [0.3, 0.4) is 0 Å². The Labute approximate surface area is 191 Å². The highest BCUT2D eigenvalue weighted by molar-refractivity contribution is 8.24. The number of benzene rings is 2. The Bertz CT molecular complexity index is 1370. The number of aromatic nitrogens is 2. The first-order chi connectivity index (χ1) is 15.6. The Kier molecular flexibility index (Phi) is 6.08. The van der Waals surface area contributed by atoms with Crippen LogP contribution in [-0.4, -0.2) is 56.4 Å².